The minimum atomic E-state index is -1.82. The highest BCUT2D eigenvalue weighted by molar-refractivity contribution is 6.27. The molecule has 1 atom stereocenters. The molecule has 4 N–H and O–H groups in total. The molecule has 0 aliphatic rings. The number of nitrogens with one attached hydrogen (secondary N) is 1. The van der Waals surface area contributed by atoms with Gasteiger partial charge in [0.15, 0.2) is 0 Å². The number of rotatable bonds is 9. The third kappa shape index (κ3) is 10.8. The summed E-state index contributed by atoms with van der Waals surface area (Å²) in [6.45, 7) is 4.04. The fourth-order valence-electron chi connectivity index (χ4n) is 1.91. The first-order valence-corrected chi connectivity index (χ1v) is 8.60. The number of para-hydroxylation sites is 1. The van der Waals surface area contributed by atoms with Crippen LogP contribution in [-0.4, -0.2) is 59.7 Å². The second-order valence-electron chi connectivity index (χ2n) is 5.75. The zero-order chi connectivity index (χ0) is 20.8. The SMILES string of the molecule is Cc1ccc(OCCNCC(O)COc2ccccc2)cc1.O=C(O)C(=O)O. The summed E-state index contributed by atoms with van der Waals surface area (Å²) in [4.78, 5) is 18.2. The summed E-state index contributed by atoms with van der Waals surface area (Å²) in [5.74, 6) is -2.02. The molecule has 0 spiro atoms. The lowest BCUT2D eigenvalue weighted by molar-refractivity contribution is -0.159. The molecule has 0 aliphatic carbocycles. The molecule has 2 aromatic rings. The van der Waals surface area contributed by atoms with Gasteiger partial charge in [-0.05, 0) is 31.2 Å². The van der Waals surface area contributed by atoms with Crippen molar-refractivity contribution >= 4 is 11.9 Å². The number of benzene rings is 2. The van der Waals surface area contributed by atoms with Crippen molar-refractivity contribution in [1.29, 1.82) is 0 Å². The average molecular weight is 391 g/mol. The Labute approximate surface area is 163 Å². The van der Waals surface area contributed by atoms with Crippen LogP contribution in [-0.2, 0) is 9.59 Å². The van der Waals surface area contributed by atoms with Crippen LogP contribution in [0.15, 0.2) is 54.6 Å². The summed E-state index contributed by atoms with van der Waals surface area (Å²) >= 11 is 0. The van der Waals surface area contributed by atoms with Gasteiger partial charge in [0.1, 0.15) is 30.8 Å². The second kappa shape index (κ2) is 13.1. The molecule has 0 amide bonds. The molecule has 2 rings (SSSR count). The highest BCUT2D eigenvalue weighted by Gasteiger charge is 2.05. The summed E-state index contributed by atoms with van der Waals surface area (Å²) < 4.78 is 11.1. The molecule has 28 heavy (non-hydrogen) atoms. The maximum absolute atomic E-state index is 9.83. The van der Waals surface area contributed by atoms with Crippen LogP contribution in [0.1, 0.15) is 5.56 Å². The molecule has 8 nitrogen and oxygen atoms in total. The topological polar surface area (TPSA) is 125 Å². The van der Waals surface area contributed by atoms with E-state index in [0.29, 0.717) is 19.7 Å². The molecule has 0 radical (unpaired) electrons. The number of aliphatic carboxylic acids is 2. The largest absolute Gasteiger partial charge is 0.492 e. The summed E-state index contributed by atoms with van der Waals surface area (Å²) in [5.41, 5.74) is 1.21. The first-order valence-electron chi connectivity index (χ1n) is 8.60. The summed E-state index contributed by atoms with van der Waals surface area (Å²) in [7, 11) is 0. The van der Waals surface area contributed by atoms with E-state index in [0.717, 1.165) is 11.5 Å². The molecule has 1 unspecified atom stereocenters. The van der Waals surface area contributed by atoms with Crippen LogP contribution in [0.3, 0.4) is 0 Å². The lowest BCUT2D eigenvalue weighted by atomic mass is 10.2. The Kier molecular flexibility index (Phi) is 10.8. The van der Waals surface area contributed by atoms with Crippen molar-refractivity contribution in [3.05, 3.63) is 60.2 Å². The number of carboxylic acid groups (broad SMARTS) is 2. The van der Waals surface area contributed by atoms with Gasteiger partial charge in [-0.1, -0.05) is 35.9 Å². The van der Waals surface area contributed by atoms with Gasteiger partial charge >= 0.3 is 11.9 Å². The van der Waals surface area contributed by atoms with Crippen LogP contribution in [0.4, 0.5) is 0 Å². The third-order valence-corrected chi connectivity index (χ3v) is 3.32. The first-order chi connectivity index (χ1) is 13.4. The van der Waals surface area contributed by atoms with E-state index in [1.165, 1.54) is 5.56 Å². The van der Waals surface area contributed by atoms with Crippen molar-refractivity contribution < 1.29 is 34.4 Å². The fourth-order valence-corrected chi connectivity index (χ4v) is 1.91. The molecule has 0 fully saturated rings. The monoisotopic (exact) mass is 391 g/mol. The Balaban J connectivity index is 0.000000568. The molecule has 0 saturated carbocycles. The summed E-state index contributed by atoms with van der Waals surface area (Å²) in [6.07, 6.45) is -0.542. The van der Waals surface area contributed by atoms with Crippen molar-refractivity contribution in [2.24, 2.45) is 0 Å². The lowest BCUT2D eigenvalue weighted by Gasteiger charge is -2.13. The van der Waals surface area contributed by atoms with E-state index in [2.05, 4.69) is 5.32 Å². The number of hydrogen-bond donors (Lipinski definition) is 4. The van der Waals surface area contributed by atoms with E-state index in [9.17, 15) is 5.11 Å². The number of aliphatic hydroxyl groups is 1. The molecule has 152 valence electrons. The zero-order valence-corrected chi connectivity index (χ0v) is 15.6. The third-order valence-electron chi connectivity index (χ3n) is 3.32. The average Bonchev–Trinajstić information content (AvgIpc) is 2.69. The van der Waals surface area contributed by atoms with Gasteiger partial charge in [-0.2, -0.15) is 0 Å². The molecular weight excluding hydrogens is 366 g/mol. The fraction of sp³-hybridized carbons (Fsp3) is 0.300. The summed E-state index contributed by atoms with van der Waals surface area (Å²) in [6, 6.07) is 17.4. The molecule has 0 aliphatic heterocycles. The van der Waals surface area contributed by atoms with Crippen molar-refractivity contribution in [1.82, 2.24) is 5.32 Å². The maximum Gasteiger partial charge on any atom is 0.414 e. The minimum Gasteiger partial charge on any atom is -0.492 e. The van der Waals surface area contributed by atoms with Gasteiger partial charge in [0.2, 0.25) is 0 Å². The van der Waals surface area contributed by atoms with Crippen molar-refractivity contribution in [3.63, 3.8) is 0 Å². The van der Waals surface area contributed by atoms with Crippen LogP contribution in [0.25, 0.3) is 0 Å². The molecule has 0 aromatic heterocycles. The number of carbonyl (C=O) groups is 2. The number of ether oxygens (including phenoxy) is 2. The van der Waals surface area contributed by atoms with Gasteiger partial charge < -0.3 is 30.1 Å². The highest BCUT2D eigenvalue weighted by atomic mass is 16.5. The molecule has 8 heteroatoms. The van der Waals surface area contributed by atoms with Crippen molar-refractivity contribution in [3.8, 4) is 11.5 Å². The smallest absolute Gasteiger partial charge is 0.414 e. The molecule has 0 bridgehead atoms. The van der Waals surface area contributed by atoms with E-state index >= 15 is 0 Å². The molecular formula is C20H25NO7. The molecule has 2 aromatic carbocycles. The van der Waals surface area contributed by atoms with Gasteiger partial charge in [-0.25, -0.2) is 9.59 Å². The molecule has 0 heterocycles. The Morgan fingerprint density at radius 2 is 1.50 bits per heavy atom. The quantitative estimate of drug-likeness (QED) is 0.375. The van der Waals surface area contributed by atoms with E-state index in [-0.39, 0.29) is 6.61 Å². The molecule has 0 saturated heterocycles. The first kappa shape index (κ1) is 22.9. The Bertz CT molecular complexity index is 692. The van der Waals surface area contributed by atoms with Gasteiger partial charge in [-0.3, -0.25) is 0 Å². The number of aryl methyl sites for hydroxylation is 1. The predicted molar refractivity (Wildman–Crippen MR) is 103 cm³/mol. The van der Waals surface area contributed by atoms with Crippen LogP contribution in [0.5, 0.6) is 11.5 Å². The predicted octanol–water partition coefficient (Wildman–Crippen LogP) is 1.56. The van der Waals surface area contributed by atoms with Crippen molar-refractivity contribution in [2.75, 3.05) is 26.3 Å². The zero-order valence-electron chi connectivity index (χ0n) is 15.6. The Hall–Kier alpha value is -3.10. The number of aliphatic hydroxyl groups excluding tert-OH is 1. The van der Waals surface area contributed by atoms with E-state index < -0.39 is 18.0 Å². The van der Waals surface area contributed by atoms with Gasteiger partial charge in [-0.15, -0.1) is 0 Å². The van der Waals surface area contributed by atoms with E-state index in [1.54, 1.807) is 0 Å². The lowest BCUT2D eigenvalue weighted by Crippen LogP contribution is -2.33. The Morgan fingerprint density at radius 1 is 0.929 bits per heavy atom. The van der Waals surface area contributed by atoms with Gasteiger partial charge in [0.25, 0.3) is 0 Å². The Morgan fingerprint density at radius 3 is 2.07 bits per heavy atom. The standard InChI is InChI=1S/C18H23NO3.C2H2O4/c1-15-7-9-18(10-8-15)21-12-11-19-13-16(20)14-22-17-5-3-2-4-6-17;3-1(4)2(5)6/h2-10,16,19-20H,11-14H2,1H3;(H,3,4)(H,5,6). The minimum absolute atomic E-state index is 0.274. The second-order valence-corrected chi connectivity index (χ2v) is 5.75. The van der Waals surface area contributed by atoms with Crippen LogP contribution >= 0.6 is 0 Å². The van der Waals surface area contributed by atoms with E-state index in [4.69, 9.17) is 29.3 Å². The van der Waals surface area contributed by atoms with Crippen LogP contribution < -0.4 is 14.8 Å². The number of hydrogen-bond acceptors (Lipinski definition) is 6. The van der Waals surface area contributed by atoms with Crippen LogP contribution in [0, 0.1) is 6.92 Å². The van der Waals surface area contributed by atoms with Crippen molar-refractivity contribution in [2.45, 2.75) is 13.0 Å². The van der Waals surface area contributed by atoms with Crippen LogP contribution in [0.2, 0.25) is 0 Å². The normalized spacial score (nSPS) is 10.9. The summed E-state index contributed by atoms with van der Waals surface area (Å²) in [5, 5.41) is 27.8. The maximum atomic E-state index is 9.83. The van der Waals surface area contributed by atoms with E-state index in [1.807, 2.05) is 61.5 Å². The van der Waals surface area contributed by atoms with Gasteiger partial charge in [0, 0.05) is 13.1 Å². The number of carboxylic acids is 2. The highest BCUT2D eigenvalue weighted by Crippen LogP contribution is 2.11. The van der Waals surface area contributed by atoms with Gasteiger partial charge in [0.05, 0.1) is 0 Å².